The van der Waals surface area contributed by atoms with Gasteiger partial charge in [0.1, 0.15) is 11.5 Å². The first-order chi connectivity index (χ1) is 8.17. The molecular formula is C10H13BrN2O4. The normalized spacial score (nSPS) is 9.82. The van der Waals surface area contributed by atoms with E-state index in [1.165, 1.54) is 0 Å². The molecule has 0 unspecified atom stereocenters. The van der Waals surface area contributed by atoms with Crippen molar-refractivity contribution in [1.82, 2.24) is 5.59 Å². The van der Waals surface area contributed by atoms with Crippen molar-refractivity contribution in [3.63, 3.8) is 0 Å². The highest BCUT2D eigenvalue weighted by Crippen LogP contribution is 2.29. The molecule has 6 nitrogen and oxygen atoms in total. The molecule has 0 saturated heterocycles. The number of benzene rings is 1. The zero-order chi connectivity index (χ0) is 12.7. The van der Waals surface area contributed by atoms with Gasteiger partial charge in [0.2, 0.25) is 0 Å². The minimum Gasteiger partial charge on any atom is -0.497 e. The quantitative estimate of drug-likeness (QED) is 0.606. The van der Waals surface area contributed by atoms with Crippen molar-refractivity contribution in [2.45, 2.75) is 6.42 Å². The van der Waals surface area contributed by atoms with Gasteiger partial charge in [-0.2, -0.15) is 0 Å². The molecule has 0 heterocycles. The number of hydrazine groups is 1. The van der Waals surface area contributed by atoms with Gasteiger partial charge in [-0.25, -0.2) is 5.84 Å². The number of hydrogen-bond donors (Lipinski definition) is 2. The van der Waals surface area contributed by atoms with Crippen LogP contribution >= 0.6 is 15.9 Å². The summed E-state index contributed by atoms with van der Waals surface area (Å²) in [5.41, 5.74) is 1.81. The molecular weight excluding hydrogens is 292 g/mol. The molecule has 0 fully saturated rings. The molecule has 0 bridgehead atoms. The standard InChI is InChI=1S/C10H13BrN2O4/c1-15-7-2-3-9(8(11)6-7)16-5-4-10(14)17-13-12/h2-3,6,13H,4-5,12H2,1H3. The first-order valence-electron chi connectivity index (χ1n) is 4.79. The number of ether oxygens (including phenoxy) is 2. The Labute approximate surface area is 107 Å². The van der Waals surface area contributed by atoms with Crippen LogP contribution < -0.4 is 20.9 Å². The van der Waals surface area contributed by atoms with Crippen LogP contribution in [0, 0.1) is 0 Å². The molecule has 0 aliphatic heterocycles. The third-order valence-corrected chi connectivity index (χ3v) is 2.50. The van der Waals surface area contributed by atoms with Crippen LogP contribution in [0.5, 0.6) is 11.5 Å². The minimum atomic E-state index is -0.489. The smallest absolute Gasteiger partial charge is 0.329 e. The van der Waals surface area contributed by atoms with Crippen LogP contribution in [-0.4, -0.2) is 19.7 Å². The average molecular weight is 305 g/mol. The van der Waals surface area contributed by atoms with E-state index in [1.54, 1.807) is 25.3 Å². The lowest BCUT2D eigenvalue weighted by Crippen LogP contribution is -2.26. The predicted octanol–water partition coefficient (Wildman–Crippen LogP) is 1.15. The fourth-order valence-corrected chi connectivity index (χ4v) is 1.56. The average Bonchev–Trinajstić information content (AvgIpc) is 2.31. The summed E-state index contributed by atoms with van der Waals surface area (Å²) in [5, 5.41) is 0. The lowest BCUT2D eigenvalue weighted by Gasteiger charge is -2.08. The van der Waals surface area contributed by atoms with Gasteiger partial charge in [0.25, 0.3) is 0 Å². The number of rotatable bonds is 6. The zero-order valence-corrected chi connectivity index (χ0v) is 10.8. The molecule has 0 spiro atoms. The van der Waals surface area contributed by atoms with Gasteiger partial charge in [0.05, 0.1) is 24.6 Å². The van der Waals surface area contributed by atoms with E-state index in [2.05, 4.69) is 20.8 Å². The lowest BCUT2D eigenvalue weighted by atomic mass is 10.3. The van der Waals surface area contributed by atoms with Crippen LogP contribution in [-0.2, 0) is 9.63 Å². The van der Waals surface area contributed by atoms with Gasteiger partial charge in [-0.1, -0.05) is 5.59 Å². The maximum absolute atomic E-state index is 10.9. The molecule has 17 heavy (non-hydrogen) atoms. The second-order valence-electron chi connectivity index (χ2n) is 2.99. The summed E-state index contributed by atoms with van der Waals surface area (Å²) in [4.78, 5) is 15.3. The van der Waals surface area contributed by atoms with Gasteiger partial charge in [0, 0.05) is 0 Å². The molecule has 7 heteroatoms. The van der Waals surface area contributed by atoms with Crippen LogP contribution in [0.4, 0.5) is 0 Å². The highest BCUT2D eigenvalue weighted by atomic mass is 79.9. The molecule has 1 aromatic carbocycles. The topological polar surface area (TPSA) is 82.8 Å². The first kappa shape index (κ1) is 13.8. The third kappa shape index (κ3) is 4.59. The Morgan fingerprint density at radius 1 is 1.53 bits per heavy atom. The number of hydrogen-bond acceptors (Lipinski definition) is 6. The minimum absolute atomic E-state index is 0.0999. The van der Waals surface area contributed by atoms with E-state index in [9.17, 15) is 4.79 Å². The van der Waals surface area contributed by atoms with Gasteiger partial charge < -0.3 is 14.3 Å². The second-order valence-corrected chi connectivity index (χ2v) is 3.84. The van der Waals surface area contributed by atoms with Crippen LogP contribution in [0.2, 0.25) is 0 Å². The highest BCUT2D eigenvalue weighted by Gasteiger charge is 2.06. The molecule has 0 aliphatic carbocycles. The second kappa shape index (κ2) is 7.10. The molecule has 0 amide bonds. The van der Waals surface area contributed by atoms with E-state index in [-0.39, 0.29) is 13.0 Å². The SMILES string of the molecule is COc1ccc(OCCC(=O)ONN)c(Br)c1. The van der Waals surface area contributed by atoms with E-state index < -0.39 is 5.97 Å². The van der Waals surface area contributed by atoms with Gasteiger partial charge in [-0.15, -0.1) is 0 Å². The van der Waals surface area contributed by atoms with Crippen LogP contribution in [0.15, 0.2) is 22.7 Å². The maximum Gasteiger partial charge on any atom is 0.329 e. The summed E-state index contributed by atoms with van der Waals surface area (Å²) in [5.74, 6) is 5.67. The first-order valence-corrected chi connectivity index (χ1v) is 5.58. The maximum atomic E-state index is 10.9. The van der Waals surface area contributed by atoms with Crippen molar-refractivity contribution in [3.05, 3.63) is 22.7 Å². The number of carbonyl (C=O) groups is 1. The summed E-state index contributed by atoms with van der Waals surface area (Å²) in [6.45, 7) is 0.200. The van der Waals surface area contributed by atoms with Crippen LogP contribution in [0.25, 0.3) is 0 Å². The predicted molar refractivity (Wildman–Crippen MR) is 64.2 cm³/mol. The van der Waals surface area contributed by atoms with Crippen molar-refractivity contribution in [2.75, 3.05) is 13.7 Å². The molecule has 94 valence electrons. The van der Waals surface area contributed by atoms with Crippen molar-refractivity contribution in [1.29, 1.82) is 0 Å². The van der Waals surface area contributed by atoms with Gasteiger partial charge >= 0.3 is 5.97 Å². The van der Waals surface area contributed by atoms with Crippen molar-refractivity contribution in [2.24, 2.45) is 5.84 Å². The number of nitrogens with two attached hydrogens (primary N) is 1. The number of methoxy groups -OCH3 is 1. The zero-order valence-electron chi connectivity index (χ0n) is 9.23. The number of carbonyl (C=O) groups excluding carboxylic acids is 1. The molecule has 0 radical (unpaired) electrons. The largest absolute Gasteiger partial charge is 0.497 e. The van der Waals surface area contributed by atoms with E-state index in [0.717, 1.165) is 10.2 Å². The van der Waals surface area contributed by atoms with E-state index in [0.29, 0.717) is 5.75 Å². The molecule has 1 aromatic rings. The molecule has 0 aromatic heterocycles. The summed E-state index contributed by atoms with van der Waals surface area (Å²) in [7, 11) is 1.58. The van der Waals surface area contributed by atoms with Crippen LogP contribution in [0.3, 0.4) is 0 Å². The Balaban J connectivity index is 2.44. The van der Waals surface area contributed by atoms with Gasteiger partial charge in [0.15, 0.2) is 0 Å². The Kier molecular flexibility index (Phi) is 5.75. The lowest BCUT2D eigenvalue weighted by molar-refractivity contribution is -0.151. The monoisotopic (exact) mass is 304 g/mol. The fourth-order valence-electron chi connectivity index (χ4n) is 1.09. The fraction of sp³-hybridized carbons (Fsp3) is 0.300. The molecule has 0 atom stereocenters. The molecule has 3 N–H and O–H groups in total. The van der Waals surface area contributed by atoms with E-state index >= 15 is 0 Å². The molecule has 0 saturated carbocycles. The number of halogens is 1. The van der Waals surface area contributed by atoms with E-state index in [1.807, 2.05) is 5.59 Å². The summed E-state index contributed by atoms with van der Waals surface area (Å²) < 4.78 is 11.2. The summed E-state index contributed by atoms with van der Waals surface area (Å²) in [6.07, 6.45) is 0.0999. The van der Waals surface area contributed by atoms with Gasteiger partial charge in [-0.05, 0) is 34.1 Å². The summed E-state index contributed by atoms with van der Waals surface area (Å²) in [6, 6.07) is 5.28. The van der Waals surface area contributed by atoms with Crippen LogP contribution in [0.1, 0.15) is 6.42 Å². The van der Waals surface area contributed by atoms with E-state index in [4.69, 9.17) is 15.3 Å². The highest BCUT2D eigenvalue weighted by molar-refractivity contribution is 9.10. The Hall–Kier alpha value is -1.31. The number of nitrogens with one attached hydrogen (secondary N) is 1. The van der Waals surface area contributed by atoms with Crippen molar-refractivity contribution < 1.29 is 19.1 Å². The summed E-state index contributed by atoms with van der Waals surface area (Å²) >= 11 is 3.33. The molecule has 0 aliphatic rings. The van der Waals surface area contributed by atoms with Crippen molar-refractivity contribution in [3.8, 4) is 11.5 Å². The third-order valence-electron chi connectivity index (χ3n) is 1.88. The van der Waals surface area contributed by atoms with Crippen molar-refractivity contribution >= 4 is 21.9 Å². The Morgan fingerprint density at radius 2 is 2.29 bits per heavy atom. The van der Waals surface area contributed by atoms with Gasteiger partial charge in [-0.3, -0.25) is 4.79 Å². The molecule has 1 rings (SSSR count). The Bertz CT molecular complexity index is 387. The Morgan fingerprint density at radius 3 is 2.88 bits per heavy atom.